The van der Waals surface area contributed by atoms with Crippen LogP contribution in [0.1, 0.15) is 59.3 Å². The predicted octanol–water partition coefficient (Wildman–Crippen LogP) is 3.42. The van der Waals surface area contributed by atoms with E-state index in [4.69, 9.17) is 15.0 Å². The summed E-state index contributed by atoms with van der Waals surface area (Å²) in [6.45, 7) is 6.07. The van der Waals surface area contributed by atoms with Crippen LogP contribution in [0.4, 0.5) is 0 Å². The lowest BCUT2D eigenvalue weighted by atomic mass is 9.88. The normalized spacial score (nSPS) is 22.1. The lowest BCUT2D eigenvalue weighted by Gasteiger charge is -2.34. The van der Waals surface area contributed by atoms with Gasteiger partial charge >= 0.3 is 5.97 Å². The van der Waals surface area contributed by atoms with Crippen LogP contribution >= 0.6 is 0 Å². The summed E-state index contributed by atoms with van der Waals surface area (Å²) in [5.74, 6) is -0.680. The van der Waals surface area contributed by atoms with Gasteiger partial charge in [0.1, 0.15) is 0 Å². The van der Waals surface area contributed by atoms with Crippen molar-refractivity contribution < 1.29 is 19.1 Å². The zero-order valence-electron chi connectivity index (χ0n) is 15.9. The number of rotatable bonds is 11. The molecule has 8 nitrogen and oxygen atoms in total. The highest BCUT2D eigenvalue weighted by atomic mass is 16.5. The molecule has 1 N–H and O–H groups in total. The molecule has 0 aromatic heterocycles. The van der Waals surface area contributed by atoms with Crippen LogP contribution in [0, 0.1) is 0 Å². The van der Waals surface area contributed by atoms with E-state index in [2.05, 4.69) is 22.3 Å². The van der Waals surface area contributed by atoms with E-state index in [1.54, 1.807) is 13.0 Å². The van der Waals surface area contributed by atoms with Crippen molar-refractivity contribution in [1.29, 1.82) is 0 Å². The molecule has 3 atom stereocenters. The van der Waals surface area contributed by atoms with Crippen molar-refractivity contribution in [2.45, 2.75) is 77.5 Å². The second-order valence-corrected chi connectivity index (χ2v) is 6.36. The van der Waals surface area contributed by atoms with Crippen molar-refractivity contribution in [2.24, 2.45) is 5.11 Å². The molecular formula is C18H30N4O4. The molecule has 0 aromatic carbocycles. The first kappa shape index (κ1) is 22.0. The number of esters is 1. The van der Waals surface area contributed by atoms with Crippen molar-refractivity contribution in [3.8, 4) is 0 Å². The maximum atomic E-state index is 12.1. The number of carbonyl (C=O) groups is 2. The molecule has 0 radical (unpaired) electrons. The molecule has 1 rings (SSSR count). The van der Waals surface area contributed by atoms with Gasteiger partial charge in [-0.25, -0.2) is 4.79 Å². The molecule has 146 valence electrons. The zero-order valence-corrected chi connectivity index (χ0v) is 15.9. The number of nitrogens with zero attached hydrogens (tertiary/aromatic N) is 3. The lowest BCUT2D eigenvalue weighted by molar-refractivity contribution is -0.139. The van der Waals surface area contributed by atoms with Gasteiger partial charge in [0, 0.05) is 24.0 Å². The van der Waals surface area contributed by atoms with Gasteiger partial charge in [0.15, 0.2) is 0 Å². The summed E-state index contributed by atoms with van der Waals surface area (Å²) in [6, 6.07) is -1.10. The minimum Gasteiger partial charge on any atom is -0.463 e. The Bertz CT molecular complexity index is 543. The van der Waals surface area contributed by atoms with Gasteiger partial charge in [0.05, 0.1) is 24.8 Å². The largest absolute Gasteiger partial charge is 0.463 e. The number of carbonyl (C=O) groups excluding carboxylic acids is 2. The summed E-state index contributed by atoms with van der Waals surface area (Å²) < 4.78 is 11.0. The topological polar surface area (TPSA) is 113 Å². The van der Waals surface area contributed by atoms with Crippen LogP contribution in [-0.2, 0) is 19.1 Å². The van der Waals surface area contributed by atoms with Crippen molar-refractivity contribution >= 4 is 11.9 Å². The molecule has 8 heteroatoms. The van der Waals surface area contributed by atoms with Crippen molar-refractivity contribution in [3.05, 3.63) is 22.1 Å². The molecule has 1 amide bonds. The van der Waals surface area contributed by atoms with Crippen molar-refractivity contribution in [3.63, 3.8) is 0 Å². The van der Waals surface area contributed by atoms with Gasteiger partial charge in [0.25, 0.3) is 0 Å². The van der Waals surface area contributed by atoms with E-state index in [0.717, 1.165) is 19.3 Å². The first-order chi connectivity index (χ1) is 12.5. The molecule has 0 bridgehead atoms. The Morgan fingerprint density at radius 3 is 2.65 bits per heavy atom. The van der Waals surface area contributed by atoms with E-state index in [9.17, 15) is 9.59 Å². The number of nitrogens with one attached hydrogen (secondary N) is 1. The van der Waals surface area contributed by atoms with E-state index in [1.165, 1.54) is 19.8 Å². The predicted molar refractivity (Wildman–Crippen MR) is 98.4 cm³/mol. The van der Waals surface area contributed by atoms with E-state index in [0.29, 0.717) is 12.2 Å². The maximum absolute atomic E-state index is 12.1. The molecule has 1 aliphatic carbocycles. The molecule has 0 aliphatic heterocycles. The van der Waals surface area contributed by atoms with Crippen molar-refractivity contribution in [1.82, 2.24) is 5.32 Å². The van der Waals surface area contributed by atoms with Crippen LogP contribution in [0.3, 0.4) is 0 Å². The number of unbranched alkanes of at least 4 members (excludes halogenated alkanes) is 4. The van der Waals surface area contributed by atoms with Gasteiger partial charge in [0.2, 0.25) is 5.91 Å². The van der Waals surface area contributed by atoms with E-state index < -0.39 is 24.2 Å². The molecule has 0 heterocycles. The summed E-state index contributed by atoms with van der Waals surface area (Å²) in [5, 5.41) is 6.56. The average Bonchev–Trinajstić information content (AvgIpc) is 2.60. The van der Waals surface area contributed by atoms with Crippen LogP contribution in [0.5, 0.6) is 0 Å². The molecule has 0 saturated carbocycles. The van der Waals surface area contributed by atoms with Gasteiger partial charge in [-0.05, 0) is 31.4 Å². The number of amides is 1. The number of ether oxygens (including phenoxy) is 2. The van der Waals surface area contributed by atoms with Crippen LogP contribution in [0.15, 0.2) is 16.8 Å². The van der Waals surface area contributed by atoms with E-state index in [-0.39, 0.29) is 18.9 Å². The molecule has 0 saturated heterocycles. The fourth-order valence-corrected chi connectivity index (χ4v) is 2.99. The van der Waals surface area contributed by atoms with Crippen molar-refractivity contribution in [2.75, 3.05) is 13.2 Å². The maximum Gasteiger partial charge on any atom is 0.333 e. The summed E-state index contributed by atoms with van der Waals surface area (Å²) in [6.07, 6.45) is 6.87. The fourth-order valence-electron chi connectivity index (χ4n) is 2.99. The second-order valence-electron chi connectivity index (χ2n) is 6.36. The molecule has 26 heavy (non-hydrogen) atoms. The molecular weight excluding hydrogens is 336 g/mol. The van der Waals surface area contributed by atoms with Crippen LogP contribution < -0.4 is 5.32 Å². The first-order valence-corrected chi connectivity index (χ1v) is 9.34. The Labute approximate surface area is 154 Å². The minimum atomic E-state index is -0.599. The molecule has 0 aromatic rings. The number of hydrogen-bond donors (Lipinski definition) is 1. The SMILES string of the molecule is CCCCCCCO[C@@H]1C=C(C(=O)OCC)C[C@H](N=[N+]=[N-])[C@H]1NC(C)=O. The van der Waals surface area contributed by atoms with Gasteiger partial charge in [-0.15, -0.1) is 0 Å². The molecule has 0 fully saturated rings. The van der Waals surface area contributed by atoms with Gasteiger partial charge < -0.3 is 14.8 Å². The monoisotopic (exact) mass is 366 g/mol. The van der Waals surface area contributed by atoms with Crippen LogP contribution in [0.2, 0.25) is 0 Å². The minimum absolute atomic E-state index is 0.213. The number of azide groups is 1. The summed E-state index contributed by atoms with van der Waals surface area (Å²) >= 11 is 0. The third-order valence-corrected chi connectivity index (χ3v) is 4.23. The van der Waals surface area contributed by atoms with Crippen LogP contribution in [-0.4, -0.2) is 43.3 Å². The molecule has 1 aliphatic rings. The highest BCUT2D eigenvalue weighted by molar-refractivity contribution is 5.89. The Hall–Kier alpha value is -2.05. The zero-order chi connectivity index (χ0) is 19.4. The molecule has 0 spiro atoms. The lowest BCUT2D eigenvalue weighted by Crippen LogP contribution is -2.52. The highest BCUT2D eigenvalue weighted by Gasteiger charge is 2.36. The second kappa shape index (κ2) is 12.3. The Kier molecular flexibility index (Phi) is 10.4. The van der Waals surface area contributed by atoms with Crippen LogP contribution in [0.25, 0.3) is 10.4 Å². The summed E-state index contributed by atoms with van der Waals surface area (Å²) in [7, 11) is 0. The Morgan fingerprint density at radius 1 is 1.31 bits per heavy atom. The standard InChI is InChI=1S/C18H30N4O4/c1-4-6-7-8-9-10-26-16-12-14(18(24)25-5-2)11-15(21-22-19)17(16)20-13(3)23/h12,15-17H,4-11H2,1-3H3,(H,20,23)/t15-,16+,17+/m0/s1. The summed E-state index contributed by atoms with van der Waals surface area (Å²) in [5.41, 5.74) is 9.27. The molecule has 0 unspecified atom stereocenters. The smallest absolute Gasteiger partial charge is 0.333 e. The summed E-state index contributed by atoms with van der Waals surface area (Å²) in [4.78, 5) is 26.5. The van der Waals surface area contributed by atoms with Gasteiger partial charge in [-0.1, -0.05) is 37.7 Å². The van der Waals surface area contributed by atoms with E-state index in [1.807, 2.05) is 0 Å². The fraction of sp³-hybridized carbons (Fsp3) is 0.778. The third-order valence-electron chi connectivity index (χ3n) is 4.23. The quantitative estimate of drug-likeness (QED) is 0.198. The van der Waals surface area contributed by atoms with Gasteiger partial charge in [-0.2, -0.15) is 0 Å². The third kappa shape index (κ3) is 7.45. The highest BCUT2D eigenvalue weighted by Crippen LogP contribution is 2.26. The first-order valence-electron chi connectivity index (χ1n) is 9.34. The average molecular weight is 366 g/mol. The Morgan fingerprint density at radius 2 is 2.04 bits per heavy atom. The Balaban J connectivity index is 2.86. The van der Waals surface area contributed by atoms with Gasteiger partial charge in [-0.3, -0.25) is 4.79 Å². The van der Waals surface area contributed by atoms with E-state index >= 15 is 0 Å². The number of hydrogen-bond acceptors (Lipinski definition) is 5.